The fourth-order valence-electron chi connectivity index (χ4n) is 3.10. The number of ketones is 1. The number of amides is 1. The Morgan fingerprint density at radius 2 is 1.92 bits per heavy atom. The summed E-state index contributed by atoms with van der Waals surface area (Å²) >= 11 is 0. The molecule has 1 amide bonds. The van der Waals surface area contributed by atoms with E-state index >= 15 is 0 Å². The molecule has 0 aliphatic carbocycles. The Kier molecular flexibility index (Phi) is 6.53. The number of aliphatic hydroxyl groups is 1. The van der Waals surface area contributed by atoms with Gasteiger partial charge in [-0.05, 0) is 37.8 Å². The molecule has 0 spiro atoms. The Morgan fingerprint density at radius 3 is 2.52 bits per heavy atom. The second-order valence-electron chi connectivity index (χ2n) is 6.26. The van der Waals surface area contributed by atoms with E-state index in [1.165, 1.54) is 6.92 Å². The van der Waals surface area contributed by atoms with Gasteiger partial charge in [0.05, 0.1) is 6.10 Å². The Labute approximate surface area is 148 Å². The molecule has 2 rings (SSSR count). The minimum atomic E-state index is -0.616. The predicted molar refractivity (Wildman–Crippen MR) is 97.9 cm³/mol. The van der Waals surface area contributed by atoms with Crippen molar-refractivity contribution < 1.29 is 14.7 Å². The highest BCUT2D eigenvalue weighted by molar-refractivity contribution is 6.02. The van der Waals surface area contributed by atoms with E-state index in [-0.39, 0.29) is 11.7 Å². The topological polar surface area (TPSA) is 82.2 Å². The lowest BCUT2D eigenvalue weighted by Gasteiger charge is -2.12. The molecule has 0 radical (unpaired) electrons. The van der Waals surface area contributed by atoms with Crippen molar-refractivity contribution in [1.82, 2.24) is 10.3 Å². The maximum Gasteiger partial charge on any atom is 0.268 e. The van der Waals surface area contributed by atoms with Gasteiger partial charge >= 0.3 is 0 Å². The minimum absolute atomic E-state index is 0.0317. The number of rotatable bonds is 8. The van der Waals surface area contributed by atoms with E-state index in [1.54, 1.807) is 0 Å². The van der Waals surface area contributed by atoms with Crippen LogP contribution in [-0.4, -0.2) is 28.3 Å². The van der Waals surface area contributed by atoms with Gasteiger partial charge in [0.2, 0.25) is 0 Å². The normalized spacial score (nSPS) is 12.0. The molecule has 3 N–H and O–H groups in total. The number of nitrogens with one attached hydrogen (secondary N) is 2. The smallest absolute Gasteiger partial charge is 0.268 e. The van der Waals surface area contributed by atoms with E-state index in [1.807, 2.05) is 44.2 Å². The Balaban J connectivity index is 2.03. The molecule has 0 bridgehead atoms. The molecular weight excluding hydrogens is 316 g/mol. The molecule has 25 heavy (non-hydrogen) atoms. The largest absolute Gasteiger partial charge is 0.388 e. The summed E-state index contributed by atoms with van der Waals surface area (Å²) in [4.78, 5) is 27.4. The summed E-state index contributed by atoms with van der Waals surface area (Å²) in [5.41, 5.74) is 3.42. The highest BCUT2D eigenvalue weighted by Crippen LogP contribution is 2.21. The lowest BCUT2D eigenvalue weighted by molar-refractivity contribution is 0.0937. The lowest BCUT2D eigenvalue weighted by Crippen LogP contribution is -2.27. The second-order valence-corrected chi connectivity index (χ2v) is 6.26. The van der Waals surface area contributed by atoms with Crippen LogP contribution in [0.5, 0.6) is 0 Å². The molecule has 0 saturated heterocycles. The molecule has 1 atom stereocenters. The number of hydrogen-bond donors (Lipinski definition) is 3. The predicted octanol–water partition coefficient (Wildman–Crippen LogP) is 3.33. The van der Waals surface area contributed by atoms with Gasteiger partial charge in [-0.2, -0.15) is 0 Å². The molecular formula is C20H26N2O3. The van der Waals surface area contributed by atoms with Crippen LogP contribution in [0.25, 0.3) is 0 Å². The van der Waals surface area contributed by atoms with Gasteiger partial charge in [-0.3, -0.25) is 9.59 Å². The SMILES string of the molecule is CCCc1c(C(=O)NCCC(O)c2ccccc2)[nH]c(C)c1C(C)=O. The van der Waals surface area contributed by atoms with Crippen molar-refractivity contribution in [2.24, 2.45) is 0 Å². The number of Topliss-reactive ketones (excluding diaryl/α,β-unsaturated/α-hetero) is 1. The first-order valence-electron chi connectivity index (χ1n) is 8.69. The van der Waals surface area contributed by atoms with Crippen LogP contribution in [0.2, 0.25) is 0 Å². The molecule has 0 aliphatic heterocycles. The van der Waals surface area contributed by atoms with Crippen LogP contribution in [-0.2, 0) is 6.42 Å². The van der Waals surface area contributed by atoms with Gasteiger partial charge in [0.1, 0.15) is 5.69 Å². The lowest BCUT2D eigenvalue weighted by atomic mass is 10.0. The van der Waals surface area contributed by atoms with Crippen molar-refractivity contribution in [2.75, 3.05) is 6.54 Å². The van der Waals surface area contributed by atoms with Crippen LogP contribution in [0, 0.1) is 6.92 Å². The summed E-state index contributed by atoms with van der Waals surface area (Å²) in [5, 5.41) is 13.0. The van der Waals surface area contributed by atoms with Crippen LogP contribution in [0.4, 0.5) is 0 Å². The first-order chi connectivity index (χ1) is 12.0. The van der Waals surface area contributed by atoms with E-state index in [2.05, 4.69) is 10.3 Å². The first kappa shape index (κ1) is 18.9. The molecule has 1 aromatic carbocycles. The minimum Gasteiger partial charge on any atom is -0.388 e. The van der Waals surface area contributed by atoms with Crippen molar-refractivity contribution in [3.05, 3.63) is 58.4 Å². The van der Waals surface area contributed by atoms with Gasteiger partial charge in [-0.1, -0.05) is 43.7 Å². The average molecular weight is 342 g/mol. The quantitative estimate of drug-likeness (QED) is 0.644. The van der Waals surface area contributed by atoms with Gasteiger partial charge in [-0.25, -0.2) is 0 Å². The molecule has 134 valence electrons. The third-order valence-corrected chi connectivity index (χ3v) is 4.26. The zero-order chi connectivity index (χ0) is 18.4. The molecule has 0 saturated carbocycles. The third kappa shape index (κ3) is 4.57. The number of aliphatic hydroxyl groups excluding tert-OH is 1. The third-order valence-electron chi connectivity index (χ3n) is 4.26. The monoisotopic (exact) mass is 342 g/mol. The van der Waals surface area contributed by atoms with Crippen LogP contribution in [0.3, 0.4) is 0 Å². The van der Waals surface area contributed by atoms with Gasteiger partial charge in [0, 0.05) is 17.8 Å². The van der Waals surface area contributed by atoms with Crippen LogP contribution >= 0.6 is 0 Å². The summed E-state index contributed by atoms with van der Waals surface area (Å²) in [6.07, 6.45) is 1.34. The number of aromatic nitrogens is 1. The van der Waals surface area contributed by atoms with Crippen molar-refractivity contribution >= 4 is 11.7 Å². The summed E-state index contributed by atoms with van der Waals surface area (Å²) < 4.78 is 0. The summed E-state index contributed by atoms with van der Waals surface area (Å²) in [6, 6.07) is 9.37. The van der Waals surface area contributed by atoms with Crippen molar-refractivity contribution in [1.29, 1.82) is 0 Å². The number of carbonyl (C=O) groups is 2. The van der Waals surface area contributed by atoms with E-state index in [0.717, 1.165) is 23.2 Å². The van der Waals surface area contributed by atoms with Gasteiger partial charge in [0.15, 0.2) is 5.78 Å². The zero-order valence-electron chi connectivity index (χ0n) is 15.1. The van der Waals surface area contributed by atoms with Crippen molar-refractivity contribution in [3.8, 4) is 0 Å². The Bertz CT molecular complexity index is 735. The molecule has 1 aromatic heterocycles. The van der Waals surface area contributed by atoms with Crippen LogP contribution in [0.15, 0.2) is 30.3 Å². The fourth-order valence-corrected chi connectivity index (χ4v) is 3.10. The highest BCUT2D eigenvalue weighted by Gasteiger charge is 2.22. The van der Waals surface area contributed by atoms with E-state index < -0.39 is 6.10 Å². The number of aryl methyl sites for hydroxylation is 1. The van der Waals surface area contributed by atoms with Crippen molar-refractivity contribution in [2.45, 2.75) is 46.1 Å². The first-order valence-corrected chi connectivity index (χ1v) is 8.69. The van der Waals surface area contributed by atoms with Gasteiger partial charge in [0.25, 0.3) is 5.91 Å². The molecule has 0 fully saturated rings. The number of hydrogen-bond acceptors (Lipinski definition) is 3. The Morgan fingerprint density at radius 1 is 1.24 bits per heavy atom. The highest BCUT2D eigenvalue weighted by atomic mass is 16.3. The summed E-state index contributed by atoms with van der Waals surface area (Å²) in [6.45, 7) is 5.71. The number of H-pyrrole nitrogens is 1. The zero-order valence-corrected chi connectivity index (χ0v) is 15.1. The van der Waals surface area contributed by atoms with Gasteiger partial charge in [-0.15, -0.1) is 0 Å². The Hall–Kier alpha value is -2.40. The molecule has 1 unspecified atom stereocenters. The standard InChI is InChI=1S/C20H26N2O3/c1-4-8-16-18(14(3)23)13(2)22-19(16)20(25)21-12-11-17(24)15-9-6-5-7-10-15/h5-7,9-10,17,22,24H,4,8,11-12H2,1-3H3,(H,21,25). The molecule has 5 heteroatoms. The second kappa shape index (κ2) is 8.62. The van der Waals surface area contributed by atoms with Gasteiger partial charge < -0.3 is 15.4 Å². The maximum atomic E-state index is 12.5. The van der Waals surface area contributed by atoms with E-state index in [0.29, 0.717) is 30.6 Å². The number of carbonyl (C=O) groups excluding carboxylic acids is 2. The van der Waals surface area contributed by atoms with Crippen LogP contribution in [0.1, 0.15) is 70.5 Å². The maximum absolute atomic E-state index is 12.5. The fraction of sp³-hybridized carbons (Fsp3) is 0.400. The molecule has 1 heterocycles. The van der Waals surface area contributed by atoms with Crippen molar-refractivity contribution in [3.63, 3.8) is 0 Å². The molecule has 0 aliphatic rings. The summed E-state index contributed by atoms with van der Waals surface area (Å²) in [5.74, 6) is -0.268. The molecule has 5 nitrogen and oxygen atoms in total. The average Bonchev–Trinajstić information content (AvgIpc) is 2.92. The number of benzene rings is 1. The van der Waals surface area contributed by atoms with E-state index in [9.17, 15) is 14.7 Å². The number of aromatic amines is 1. The molecule has 2 aromatic rings. The van der Waals surface area contributed by atoms with Crippen LogP contribution < -0.4 is 5.32 Å². The summed E-state index contributed by atoms with van der Waals surface area (Å²) in [7, 11) is 0. The van der Waals surface area contributed by atoms with E-state index in [4.69, 9.17) is 0 Å².